The van der Waals surface area contributed by atoms with Gasteiger partial charge in [-0.2, -0.15) is 0 Å². The highest BCUT2D eigenvalue weighted by Crippen LogP contribution is 2.45. The Hall–Kier alpha value is -3.38. The van der Waals surface area contributed by atoms with Crippen LogP contribution in [0, 0.1) is 0 Å². The van der Waals surface area contributed by atoms with E-state index in [1.807, 2.05) is 67.5 Å². The van der Waals surface area contributed by atoms with E-state index in [9.17, 15) is 24.6 Å². The molecule has 0 saturated heterocycles. The number of ether oxygens (including phenoxy) is 1. The van der Waals surface area contributed by atoms with Crippen molar-refractivity contribution in [2.24, 2.45) is 0 Å². The van der Waals surface area contributed by atoms with Gasteiger partial charge in [0.15, 0.2) is 0 Å². The molecule has 3 rings (SSSR count). The van der Waals surface area contributed by atoms with Crippen molar-refractivity contribution in [1.82, 2.24) is 4.90 Å². The molecular weight excluding hydrogens is 488 g/mol. The maximum Gasteiger partial charge on any atom is 0.328 e. The van der Waals surface area contributed by atoms with Crippen molar-refractivity contribution in [3.8, 4) is 5.75 Å². The maximum atomic E-state index is 13.1. The van der Waals surface area contributed by atoms with Crippen molar-refractivity contribution in [3.05, 3.63) is 66.2 Å². The lowest BCUT2D eigenvalue weighted by Crippen LogP contribution is -2.46. The third-order valence-corrected chi connectivity index (χ3v) is 6.38. The molecule has 0 saturated carbocycles. The van der Waals surface area contributed by atoms with Gasteiger partial charge in [-0.1, -0.05) is 24.3 Å². The van der Waals surface area contributed by atoms with Crippen LogP contribution >= 0.6 is 11.8 Å². The van der Waals surface area contributed by atoms with Gasteiger partial charge in [-0.3, -0.25) is 4.79 Å². The van der Waals surface area contributed by atoms with Crippen LogP contribution < -0.4 is 9.64 Å². The topological polar surface area (TPSA) is 148 Å². The SMILES string of the molecule is COc1ccc([C@@H]2Sc3ccccc3N(CC(O)CN(C)C)C(=O)[C@@H]2O)cc1.O=C(O)/C=C/C(=O)O. The van der Waals surface area contributed by atoms with E-state index in [0.29, 0.717) is 24.4 Å². The number of aliphatic carboxylic acids is 2. The van der Waals surface area contributed by atoms with E-state index in [4.69, 9.17) is 14.9 Å². The molecule has 36 heavy (non-hydrogen) atoms. The molecule has 1 unspecified atom stereocenters. The predicted octanol–water partition coefficient (Wildman–Crippen LogP) is 1.87. The minimum Gasteiger partial charge on any atom is -0.497 e. The Balaban J connectivity index is 0.000000493. The fourth-order valence-corrected chi connectivity index (χ4v) is 4.72. The molecule has 194 valence electrons. The number of aliphatic hydroxyl groups is 2. The van der Waals surface area contributed by atoms with Crippen molar-refractivity contribution in [2.75, 3.05) is 39.2 Å². The number of hydrogen-bond donors (Lipinski definition) is 4. The number of carboxylic acids is 2. The number of carbonyl (C=O) groups excluding carboxylic acids is 1. The molecule has 4 N–H and O–H groups in total. The number of amides is 1. The number of carbonyl (C=O) groups is 3. The van der Waals surface area contributed by atoms with Crippen LogP contribution in [0.15, 0.2) is 65.6 Å². The lowest BCUT2D eigenvalue weighted by molar-refractivity contribution is -0.134. The number of hydrogen-bond acceptors (Lipinski definition) is 8. The number of para-hydroxylation sites is 1. The lowest BCUT2D eigenvalue weighted by Gasteiger charge is -2.28. The number of aliphatic hydroxyl groups excluding tert-OH is 2. The fourth-order valence-electron chi connectivity index (χ4n) is 3.45. The zero-order valence-corrected chi connectivity index (χ0v) is 21.0. The molecule has 0 bridgehead atoms. The summed E-state index contributed by atoms with van der Waals surface area (Å²) >= 11 is 1.46. The molecule has 0 aliphatic carbocycles. The molecule has 1 heterocycles. The first-order valence-corrected chi connectivity index (χ1v) is 11.8. The Morgan fingerprint density at radius 2 is 1.67 bits per heavy atom. The molecule has 2 aromatic carbocycles. The van der Waals surface area contributed by atoms with Gasteiger partial charge >= 0.3 is 11.9 Å². The summed E-state index contributed by atoms with van der Waals surface area (Å²) in [6.07, 6.45) is -0.830. The number of carboxylic acid groups (broad SMARTS) is 2. The van der Waals surface area contributed by atoms with Crippen LogP contribution in [0.2, 0.25) is 0 Å². The molecule has 2 aromatic rings. The van der Waals surface area contributed by atoms with Crippen LogP contribution in [0.25, 0.3) is 0 Å². The van der Waals surface area contributed by atoms with Crippen LogP contribution in [0.3, 0.4) is 0 Å². The average Bonchev–Trinajstić information content (AvgIpc) is 2.93. The second-order valence-corrected chi connectivity index (χ2v) is 9.28. The molecular formula is C25H30N2O8S. The quantitative estimate of drug-likeness (QED) is 0.382. The smallest absolute Gasteiger partial charge is 0.328 e. The number of anilines is 1. The largest absolute Gasteiger partial charge is 0.497 e. The third-order valence-electron chi connectivity index (χ3n) is 5.00. The highest BCUT2D eigenvalue weighted by molar-refractivity contribution is 7.99. The first kappa shape index (κ1) is 28.9. The van der Waals surface area contributed by atoms with Gasteiger partial charge in [0.2, 0.25) is 0 Å². The molecule has 10 nitrogen and oxygen atoms in total. The number of methoxy groups -OCH3 is 1. The van der Waals surface area contributed by atoms with E-state index >= 15 is 0 Å². The summed E-state index contributed by atoms with van der Waals surface area (Å²) in [5.41, 5.74) is 1.56. The molecule has 1 aliphatic rings. The van der Waals surface area contributed by atoms with Gasteiger partial charge in [-0.15, -0.1) is 11.8 Å². The summed E-state index contributed by atoms with van der Waals surface area (Å²) in [6, 6.07) is 14.9. The Bertz CT molecular complexity index is 1060. The lowest BCUT2D eigenvalue weighted by atomic mass is 10.1. The predicted molar refractivity (Wildman–Crippen MR) is 135 cm³/mol. The van der Waals surface area contributed by atoms with Gasteiger partial charge < -0.3 is 35.0 Å². The summed E-state index contributed by atoms with van der Waals surface area (Å²) in [6.45, 7) is 0.554. The molecule has 11 heteroatoms. The van der Waals surface area contributed by atoms with Crippen molar-refractivity contribution in [3.63, 3.8) is 0 Å². The first-order chi connectivity index (χ1) is 17.0. The molecule has 1 amide bonds. The second kappa shape index (κ2) is 13.6. The summed E-state index contributed by atoms with van der Waals surface area (Å²) < 4.78 is 5.20. The van der Waals surface area contributed by atoms with E-state index < -0.39 is 35.3 Å². The van der Waals surface area contributed by atoms with Gasteiger partial charge in [0.1, 0.15) is 11.9 Å². The highest BCUT2D eigenvalue weighted by atomic mass is 32.2. The van der Waals surface area contributed by atoms with E-state index in [-0.39, 0.29) is 6.54 Å². The Morgan fingerprint density at radius 1 is 1.08 bits per heavy atom. The standard InChI is InChI=1S/C21H26N2O4S.C4H4O4/c1-22(2)12-15(24)13-23-17-6-4-5-7-18(17)28-20(19(25)21(23)26)14-8-10-16(27-3)11-9-14;5-3(6)1-2-4(7)8/h4-11,15,19-20,24-25H,12-13H2,1-3H3;1-2H,(H,5,6)(H,7,8)/b;2-1+/t15?,19-,20+;/m1./s1. The number of fused-ring (bicyclic) bond motifs is 1. The second-order valence-electron chi connectivity index (χ2n) is 8.10. The molecule has 0 aromatic heterocycles. The normalized spacial score (nSPS) is 18.2. The van der Waals surface area contributed by atoms with Crippen LogP contribution in [-0.2, 0) is 14.4 Å². The highest BCUT2D eigenvalue weighted by Gasteiger charge is 2.37. The van der Waals surface area contributed by atoms with E-state index in [1.165, 1.54) is 16.7 Å². The Kier molecular flexibility index (Phi) is 10.9. The zero-order chi connectivity index (χ0) is 26.8. The third kappa shape index (κ3) is 8.38. The number of thioether (sulfide) groups is 1. The minimum absolute atomic E-state index is 0.126. The zero-order valence-electron chi connectivity index (χ0n) is 20.1. The number of likely N-dealkylation sites (N-methyl/N-ethyl adjacent to an activating group) is 1. The Labute approximate surface area is 213 Å². The summed E-state index contributed by atoms with van der Waals surface area (Å²) in [4.78, 5) is 36.5. The number of nitrogens with zero attached hydrogens (tertiary/aromatic N) is 2. The fraction of sp³-hybridized carbons (Fsp3) is 0.320. The van der Waals surface area contributed by atoms with Crippen molar-refractivity contribution >= 4 is 35.3 Å². The van der Waals surface area contributed by atoms with Crippen LogP contribution in [0.1, 0.15) is 10.8 Å². The van der Waals surface area contributed by atoms with E-state index in [0.717, 1.165) is 16.2 Å². The molecule has 0 fully saturated rings. The van der Waals surface area contributed by atoms with Gasteiger partial charge in [0.25, 0.3) is 5.91 Å². The number of β-amino-alcohol motifs (C(OH)–C–C–N with tert-alkyl or cyclic N) is 1. The van der Waals surface area contributed by atoms with E-state index in [1.54, 1.807) is 7.11 Å². The molecule has 3 atom stereocenters. The van der Waals surface area contributed by atoms with Crippen LogP contribution in [0.5, 0.6) is 5.75 Å². The maximum absolute atomic E-state index is 13.1. The first-order valence-electron chi connectivity index (χ1n) is 10.9. The van der Waals surface area contributed by atoms with Crippen LogP contribution in [0.4, 0.5) is 5.69 Å². The minimum atomic E-state index is -1.26. The Morgan fingerprint density at radius 3 is 2.19 bits per heavy atom. The van der Waals surface area contributed by atoms with Gasteiger partial charge in [-0.25, -0.2) is 9.59 Å². The molecule has 1 aliphatic heterocycles. The van der Waals surface area contributed by atoms with E-state index in [2.05, 4.69) is 0 Å². The monoisotopic (exact) mass is 518 g/mol. The van der Waals surface area contributed by atoms with Gasteiger partial charge in [0.05, 0.1) is 30.7 Å². The molecule has 0 spiro atoms. The van der Waals surface area contributed by atoms with Crippen molar-refractivity contribution in [2.45, 2.75) is 22.4 Å². The summed E-state index contributed by atoms with van der Waals surface area (Å²) in [5, 5.41) is 36.5. The van der Waals surface area contributed by atoms with Gasteiger partial charge in [-0.05, 0) is 43.9 Å². The van der Waals surface area contributed by atoms with Crippen molar-refractivity contribution in [1.29, 1.82) is 0 Å². The summed E-state index contributed by atoms with van der Waals surface area (Å²) in [7, 11) is 5.33. The number of rotatable bonds is 8. The number of benzene rings is 2. The average molecular weight is 519 g/mol. The van der Waals surface area contributed by atoms with Crippen LogP contribution in [-0.4, -0.2) is 89.7 Å². The molecule has 0 radical (unpaired) electrons. The van der Waals surface area contributed by atoms with Gasteiger partial charge in [0, 0.05) is 23.6 Å². The summed E-state index contributed by atoms with van der Waals surface area (Å²) in [5.74, 6) is -2.20. The van der Waals surface area contributed by atoms with Crippen molar-refractivity contribution < 1.29 is 39.5 Å².